The van der Waals surface area contributed by atoms with Crippen LogP contribution in [0, 0.1) is 6.92 Å². The molecule has 0 spiro atoms. The average Bonchev–Trinajstić information content (AvgIpc) is 2.68. The summed E-state index contributed by atoms with van der Waals surface area (Å²) >= 11 is 1.85. The van der Waals surface area contributed by atoms with Crippen molar-refractivity contribution in [3.63, 3.8) is 0 Å². The quantitative estimate of drug-likeness (QED) is 0.716. The average molecular weight is 254 g/mol. The molecule has 1 rings (SSSR count). The first-order chi connectivity index (χ1) is 8.15. The van der Waals surface area contributed by atoms with E-state index >= 15 is 0 Å². The van der Waals surface area contributed by atoms with Gasteiger partial charge in [-0.25, -0.2) is 0 Å². The van der Waals surface area contributed by atoms with Crippen LogP contribution in [-0.4, -0.2) is 30.6 Å². The number of rotatable bonds is 8. The minimum Gasteiger partial charge on any atom is -0.311 e. The molecule has 0 unspecified atom stereocenters. The van der Waals surface area contributed by atoms with Crippen LogP contribution in [0.1, 0.15) is 37.6 Å². The lowest BCUT2D eigenvalue weighted by molar-refractivity contribution is 0.222. The second-order valence-electron chi connectivity index (χ2n) is 4.83. The summed E-state index contributed by atoms with van der Waals surface area (Å²) in [7, 11) is 0. The van der Waals surface area contributed by atoms with E-state index in [1.54, 1.807) is 0 Å². The monoisotopic (exact) mass is 254 g/mol. The van der Waals surface area contributed by atoms with E-state index in [-0.39, 0.29) is 0 Å². The summed E-state index contributed by atoms with van der Waals surface area (Å²) in [5.74, 6) is 0. The van der Waals surface area contributed by atoms with E-state index in [2.05, 4.69) is 49.4 Å². The third kappa shape index (κ3) is 5.19. The van der Waals surface area contributed by atoms with Gasteiger partial charge >= 0.3 is 0 Å². The fraction of sp³-hybridized carbons (Fsp3) is 0.714. The molecular formula is C14H26N2S. The molecule has 17 heavy (non-hydrogen) atoms. The van der Waals surface area contributed by atoms with Gasteiger partial charge in [-0.1, -0.05) is 6.92 Å². The SMILES string of the molecule is CCCN(CCNCc1sccc1C)C(C)C. The van der Waals surface area contributed by atoms with E-state index in [0.717, 1.165) is 19.6 Å². The fourth-order valence-corrected chi connectivity index (χ4v) is 2.80. The molecule has 0 atom stereocenters. The van der Waals surface area contributed by atoms with E-state index in [1.807, 2.05) is 11.3 Å². The van der Waals surface area contributed by atoms with E-state index < -0.39 is 0 Å². The number of nitrogens with one attached hydrogen (secondary N) is 1. The van der Waals surface area contributed by atoms with Crippen molar-refractivity contribution in [1.82, 2.24) is 10.2 Å². The van der Waals surface area contributed by atoms with Crippen molar-refractivity contribution in [1.29, 1.82) is 0 Å². The van der Waals surface area contributed by atoms with Crippen molar-refractivity contribution in [2.75, 3.05) is 19.6 Å². The molecule has 0 aliphatic carbocycles. The fourth-order valence-electron chi connectivity index (χ4n) is 1.93. The predicted octanol–water partition coefficient (Wildman–Crippen LogP) is 3.27. The molecule has 0 bridgehead atoms. The van der Waals surface area contributed by atoms with Crippen molar-refractivity contribution < 1.29 is 0 Å². The Balaban J connectivity index is 2.20. The number of aryl methyl sites for hydroxylation is 1. The number of hydrogen-bond acceptors (Lipinski definition) is 3. The Bertz CT molecular complexity index is 307. The summed E-state index contributed by atoms with van der Waals surface area (Å²) in [4.78, 5) is 4.01. The van der Waals surface area contributed by atoms with Gasteiger partial charge in [0.15, 0.2) is 0 Å². The van der Waals surface area contributed by atoms with Crippen molar-refractivity contribution in [2.24, 2.45) is 0 Å². The molecule has 0 amide bonds. The summed E-state index contributed by atoms with van der Waals surface area (Å²) in [6.45, 7) is 13.4. The van der Waals surface area contributed by atoms with Gasteiger partial charge < -0.3 is 5.32 Å². The van der Waals surface area contributed by atoms with Crippen LogP contribution in [0.15, 0.2) is 11.4 Å². The van der Waals surface area contributed by atoms with Gasteiger partial charge in [0.25, 0.3) is 0 Å². The van der Waals surface area contributed by atoms with E-state index in [4.69, 9.17) is 0 Å². The Hall–Kier alpha value is -0.380. The maximum absolute atomic E-state index is 3.54. The zero-order valence-electron chi connectivity index (χ0n) is 11.6. The van der Waals surface area contributed by atoms with Crippen LogP contribution in [0.2, 0.25) is 0 Å². The van der Waals surface area contributed by atoms with Crippen LogP contribution >= 0.6 is 11.3 Å². The second kappa shape index (κ2) is 7.85. The maximum Gasteiger partial charge on any atom is 0.0302 e. The van der Waals surface area contributed by atoms with Crippen molar-refractivity contribution in [3.8, 4) is 0 Å². The maximum atomic E-state index is 3.54. The van der Waals surface area contributed by atoms with E-state index in [9.17, 15) is 0 Å². The zero-order chi connectivity index (χ0) is 12.7. The first-order valence-corrected chi connectivity index (χ1v) is 7.50. The normalized spacial score (nSPS) is 11.6. The molecule has 0 aliphatic heterocycles. The van der Waals surface area contributed by atoms with Crippen LogP contribution in [0.5, 0.6) is 0 Å². The first-order valence-electron chi connectivity index (χ1n) is 6.62. The summed E-state index contributed by atoms with van der Waals surface area (Å²) < 4.78 is 0. The Kier molecular flexibility index (Phi) is 6.78. The Morgan fingerprint density at radius 3 is 2.65 bits per heavy atom. The predicted molar refractivity (Wildman–Crippen MR) is 77.8 cm³/mol. The third-order valence-electron chi connectivity index (χ3n) is 3.07. The number of nitrogens with zero attached hydrogens (tertiary/aromatic N) is 1. The summed E-state index contributed by atoms with van der Waals surface area (Å²) in [5, 5.41) is 5.71. The minimum atomic E-state index is 0.653. The van der Waals surface area contributed by atoms with Gasteiger partial charge in [-0.15, -0.1) is 11.3 Å². The van der Waals surface area contributed by atoms with Gasteiger partial charge in [0.2, 0.25) is 0 Å². The van der Waals surface area contributed by atoms with Crippen molar-refractivity contribution >= 4 is 11.3 Å². The molecule has 1 heterocycles. The largest absolute Gasteiger partial charge is 0.311 e. The standard InChI is InChI=1S/C14H26N2S/c1-5-8-16(12(2)3)9-7-15-11-14-13(4)6-10-17-14/h6,10,12,15H,5,7-9,11H2,1-4H3. The van der Waals surface area contributed by atoms with Gasteiger partial charge in [-0.3, -0.25) is 4.90 Å². The molecule has 0 saturated carbocycles. The molecule has 0 fully saturated rings. The number of thiophene rings is 1. The van der Waals surface area contributed by atoms with Crippen LogP contribution in [0.3, 0.4) is 0 Å². The lowest BCUT2D eigenvalue weighted by atomic mass is 10.3. The molecule has 3 heteroatoms. The van der Waals surface area contributed by atoms with Crippen molar-refractivity contribution in [3.05, 3.63) is 21.9 Å². The van der Waals surface area contributed by atoms with E-state index in [1.165, 1.54) is 23.4 Å². The summed E-state index contributed by atoms with van der Waals surface area (Å²) in [6, 6.07) is 2.85. The second-order valence-corrected chi connectivity index (χ2v) is 5.83. The molecule has 0 aromatic carbocycles. The Morgan fingerprint density at radius 2 is 2.12 bits per heavy atom. The van der Waals surface area contributed by atoms with Crippen molar-refractivity contribution in [2.45, 2.75) is 46.7 Å². The zero-order valence-corrected chi connectivity index (χ0v) is 12.4. The first kappa shape index (κ1) is 14.7. The Labute approximate surface area is 110 Å². The summed E-state index contributed by atoms with van der Waals surface area (Å²) in [6.07, 6.45) is 1.24. The lowest BCUT2D eigenvalue weighted by Gasteiger charge is -2.25. The summed E-state index contributed by atoms with van der Waals surface area (Å²) in [5.41, 5.74) is 1.41. The van der Waals surface area contributed by atoms with Gasteiger partial charge in [0.1, 0.15) is 0 Å². The highest BCUT2D eigenvalue weighted by atomic mass is 32.1. The molecule has 0 radical (unpaired) electrons. The topological polar surface area (TPSA) is 15.3 Å². The van der Waals surface area contributed by atoms with Crippen LogP contribution < -0.4 is 5.32 Å². The molecular weight excluding hydrogens is 228 g/mol. The highest BCUT2D eigenvalue weighted by molar-refractivity contribution is 7.10. The van der Waals surface area contributed by atoms with Gasteiger partial charge in [0, 0.05) is 30.6 Å². The highest BCUT2D eigenvalue weighted by Gasteiger charge is 2.07. The van der Waals surface area contributed by atoms with Crippen LogP contribution in [-0.2, 0) is 6.54 Å². The van der Waals surface area contributed by atoms with Crippen LogP contribution in [0.4, 0.5) is 0 Å². The molecule has 0 saturated heterocycles. The number of hydrogen-bond donors (Lipinski definition) is 1. The Morgan fingerprint density at radius 1 is 1.35 bits per heavy atom. The molecule has 1 aromatic rings. The molecule has 98 valence electrons. The molecule has 0 aliphatic rings. The van der Waals surface area contributed by atoms with E-state index in [0.29, 0.717) is 6.04 Å². The molecule has 1 aromatic heterocycles. The van der Waals surface area contributed by atoms with Gasteiger partial charge in [-0.2, -0.15) is 0 Å². The third-order valence-corrected chi connectivity index (χ3v) is 4.09. The minimum absolute atomic E-state index is 0.653. The van der Waals surface area contributed by atoms with Gasteiger partial charge in [0.05, 0.1) is 0 Å². The smallest absolute Gasteiger partial charge is 0.0302 e. The van der Waals surface area contributed by atoms with Crippen LogP contribution in [0.25, 0.3) is 0 Å². The molecule has 2 nitrogen and oxygen atoms in total. The van der Waals surface area contributed by atoms with Gasteiger partial charge in [-0.05, 0) is 50.7 Å². The molecule has 1 N–H and O–H groups in total. The lowest BCUT2D eigenvalue weighted by Crippen LogP contribution is -2.37. The highest BCUT2D eigenvalue weighted by Crippen LogP contribution is 2.14.